The van der Waals surface area contributed by atoms with Crippen molar-refractivity contribution in [3.63, 3.8) is 0 Å². The topological polar surface area (TPSA) is 58.6 Å². The smallest absolute Gasteiger partial charge is 0.223 e. The number of rotatable bonds is 6. The summed E-state index contributed by atoms with van der Waals surface area (Å²) >= 11 is 0. The molecule has 1 saturated carbocycles. The second-order valence-corrected chi connectivity index (χ2v) is 5.84. The predicted molar refractivity (Wildman–Crippen MR) is 69.0 cm³/mol. The van der Waals surface area contributed by atoms with E-state index in [-0.39, 0.29) is 11.8 Å². The molecule has 2 N–H and O–H groups in total. The van der Waals surface area contributed by atoms with Crippen LogP contribution in [0.1, 0.15) is 26.2 Å². The first kappa shape index (κ1) is 13.6. The Kier molecular flexibility index (Phi) is 4.07. The number of hydrogen-bond donors (Lipinski definition) is 2. The zero-order chi connectivity index (χ0) is 13.2. The Bertz CT molecular complexity index is 338. The van der Waals surface area contributed by atoms with E-state index in [2.05, 4.69) is 17.5 Å². The van der Waals surface area contributed by atoms with Crippen molar-refractivity contribution in [1.82, 2.24) is 5.32 Å². The molecule has 4 nitrogen and oxygen atoms in total. The van der Waals surface area contributed by atoms with Crippen LogP contribution in [0.4, 0.5) is 0 Å². The molecule has 2 bridgehead atoms. The Morgan fingerprint density at radius 2 is 2.28 bits per heavy atom. The van der Waals surface area contributed by atoms with Crippen molar-refractivity contribution in [2.24, 2.45) is 17.8 Å². The summed E-state index contributed by atoms with van der Waals surface area (Å²) in [6.07, 6.45) is 7.01. The molecule has 4 heteroatoms. The summed E-state index contributed by atoms with van der Waals surface area (Å²) in [6.45, 7) is 2.53. The van der Waals surface area contributed by atoms with E-state index >= 15 is 0 Å². The first-order valence-electron chi connectivity index (χ1n) is 6.69. The zero-order valence-electron chi connectivity index (χ0n) is 11.2. The van der Waals surface area contributed by atoms with Crippen molar-refractivity contribution in [2.75, 3.05) is 20.3 Å². The van der Waals surface area contributed by atoms with Gasteiger partial charge in [-0.1, -0.05) is 12.2 Å². The van der Waals surface area contributed by atoms with Crippen LogP contribution in [0, 0.1) is 17.8 Å². The van der Waals surface area contributed by atoms with Crippen molar-refractivity contribution >= 4 is 5.91 Å². The summed E-state index contributed by atoms with van der Waals surface area (Å²) in [5, 5.41) is 12.9. The molecule has 0 aromatic rings. The number of carbonyl (C=O) groups excluding carboxylic acids is 1. The van der Waals surface area contributed by atoms with Gasteiger partial charge in [0.2, 0.25) is 5.91 Å². The van der Waals surface area contributed by atoms with Gasteiger partial charge in [0.15, 0.2) is 0 Å². The first-order valence-corrected chi connectivity index (χ1v) is 6.69. The summed E-state index contributed by atoms with van der Waals surface area (Å²) in [6, 6.07) is 0. The average Bonchev–Trinajstić information content (AvgIpc) is 2.96. The summed E-state index contributed by atoms with van der Waals surface area (Å²) in [5.74, 6) is 1.21. The van der Waals surface area contributed by atoms with E-state index in [0.29, 0.717) is 31.4 Å². The van der Waals surface area contributed by atoms with Crippen LogP contribution >= 0.6 is 0 Å². The van der Waals surface area contributed by atoms with Gasteiger partial charge in [0, 0.05) is 32.6 Å². The molecule has 4 unspecified atom stereocenters. The van der Waals surface area contributed by atoms with E-state index in [1.807, 2.05) is 0 Å². The van der Waals surface area contributed by atoms with E-state index < -0.39 is 5.60 Å². The van der Waals surface area contributed by atoms with Gasteiger partial charge < -0.3 is 15.2 Å². The summed E-state index contributed by atoms with van der Waals surface area (Å²) < 4.78 is 4.94. The number of fused-ring (bicyclic) bond motifs is 2. The van der Waals surface area contributed by atoms with Crippen LogP contribution in [-0.2, 0) is 9.53 Å². The fraction of sp³-hybridized carbons (Fsp3) is 0.786. The molecule has 1 fully saturated rings. The number of ether oxygens (including phenoxy) is 1. The highest BCUT2D eigenvalue weighted by atomic mass is 16.5. The maximum Gasteiger partial charge on any atom is 0.223 e. The molecule has 0 heterocycles. The lowest BCUT2D eigenvalue weighted by Crippen LogP contribution is -2.44. The number of carbonyl (C=O) groups is 1. The highest BCUT2D eigenvalue weighted by Gasteiger charge is 2.40. The van der Waals surface area contributed by atoms with Crippen LogP contribution in [0.15, 0.2) is 12.2 Å². The highest BCUT2D eigenvalue weighted by Crippen LogP contribution is 2.43. The van der Waals surface area contributed by atoms with Crippen molar-refractivity contribution < 1.29 is 14.6 Å². The molecule has 2 aliphatic rings. The number of aliphatic hydroxyl groups is 1. The lowest BCUT2D eigenvalue weighted by Gasteiger charge is -2.25. The van der Waals surface area contributed by atoms with Gasteiger partial charge in [-0.2, -0.15) is 0 Å². The van der Waals surface area contributed by atoms with E-state index in [0.717, 1.165) is 12.8 Å². The van der Waals surface area contributed by atoms with Crippen LogP contribution in [0.5, 0.6) is 0 Å². The van der Waals surface area contributed by atoms with Crippen LogP contribution in [0.25, 0.3) is 0 Å². The Morgan fingerprint density at radius 1 is 1.50 bits per heavy atom. The molecule has 1 amide bonds. The lowest BCUT2D eigenvalue weighted by atomic mass is 9.92. The Morgan fingerprint density at radius 3 is 2.83 bits per heavy atom. The quantitative estimate of drug-likeness (QED) is 0.697. The molecule has 0 radical (unpaired) electrons. The third-order valence-electron chi connectivity index (χ3n) is 4.10. The summed E-state index contributed by atoms with van der Waals surface area (Å²) in [7, 11) is 1.61. The SMILES string of the molecule is COCCC(C)(O)CNC(=O)C1CC2C=CC1C2. The zero-order valence-corrected chi connectivity index (χ0v) is 11.2. The van der Waals surface area contributed by atoms with E-state index in [1.54, 1.807) is 14.0 Å². The van der Waals surface area contributed by atoms with Crippen LogP contribution in [0.3, 0.4) is 0 Å². The van der Waals surface area contributed by atoms with Gasteiger partial charge in [-0.3, -0.25) is 4.79 Å². The molecular weight excluding hydrogens is 230 g/mol. The largest absolute Gasteiger partial charge is 0.388 e. The van der Waals surface area contributed by atoms with Gasteiger partial charge in [-0.25, -0.2) is 0 Å². The van der Waals surface area contributed by atoms with Gasteiger partial charge >= 0.3 is 0 Å². The average molecular weight is 253 g/mol. The summed E-state index contributed by atoms with van der Waals surface area (Å²) in [4.78, 5) is 12.1. The fourth-order valence-electron chi connectivity index (χ4n) is 2.90. The Hall–Kier alpha value is -0.870. The standard InChI is InChI=1S/C14H23NO3/c1-14(17,5-6-18-2)9-15-13(16)12-8-10-3-4-11(12)7-10/h3-4,10-12,17H,5-9H2,1-2H3,(H,15,16). The normalized spacial score (nSPS) is 32.5. The van der Waals surface area contributed by atoms with Gasteiger partial charge in [-0.05, 0) is 31.6 Å². The molecule has 2 aliphatic carbocycles. The van der Waals surface area contributed by atoms with Crippen LogP contribution in [0.2, 0.25) is 0 Å². The minimum absolute atomic E-state index is 0.0875. The molecular formula is C14H23NO3. The lowest BCUT2D eigenvalue weighted by molar-refractivity contribution is -0.127. The molecule has 0 aromatic heterocycles. The molecule has 102 valence electrons. The van der Waals surface area contributed by atoms with E-state index in [1.165, 1.54) is 0 Å². The number of amides is 1. The van der Waals surface area contributed by atoms with Crippen molar-refractivity contribution in [3.05, 3.63) is 12.2 Å². The Labute approximate surface area is 108 Å². The van der Waals surface area contributed by atoms with Crippen LogP contribution < -0.4 is 5.32 Å². The van der Waals surface area contributed by atoms with E-state index in [9.17, 15) is 9.90 Å². The molecule has 18 heavy (non-hydrogen) atoms. The Balaban J connectivity index is 1.76. The van der Waals surface area contributed by atoms with Gasteiger partial charge in [-0.15, -0.1) is 0 Å². The van der Waals surface area contributed by atoms with Gasteiger partial charge in [0.25, 0.3) is 0 Å². The van der Waals surface area contributed by atoms with Crippen molar-refractivity contribution in [1.29, 1.82) is 0 Å². The third kappa shape index (κ3) is 3.12. The fourth-order valence-corrected chi connectivity index (χ4v) is 2.90. The molecule has 0 saturated heterocycles. The molecule has 2 rings (SSSR count). The first-order chi connectivity index (χ1) is 8.52. The van der Waals surface area contributed by atoms with Crippen molar-refractivity contribution in [3.8, 4) is 0 Å². The molecule has 4 atom stereocenters. The number of methoxy groups -OCH3 is 1. The maximum absolute atomic E-state index is 12.1. The van der Waals surface area contributed by atoms with Gasteiger partial charge in [0.05, 0.1) is 5.60 Å². The minimum atomic E-state index is -0.890. The number of hydrogen-bond acceptors (Lipinski definition) is 3. The van der Waals surface area contributed by atoms with Crippen LogP contribution in [-0.4, -0.2) is 36.9 Å². The minimum Gasteiger partial charge on any atom is -0.388 e. The third-order valence-corrected chi connectivity index (χ3v) is 4.10. The number of nitrogens with one attached hydrogen (secondary N) is 1. The second kappa shape index (κ2) is 5.41. The van der Waals surface area contributed by atoms with E-state index in [4.69, 9.17) is 4.74 Å². The molecule has 0 aliphatic heterocycles. The molecule has 0 spiro atoms. The number of allylic oxidation sites excluding steroid dienone is 2. The van der Waals surface area contributed by atoms with Gasteiger partial charge in [0.1, 0.15) is 0 Å². The second-order valence-electron chi connectivity index (χ2n) is 5.84. The highest BCUT2D eigenvalue weighted by molar-refractivity contribution is 5.80. The van der Waals surface area contributed by atoms with Crippen molar-refractivity contribution in [2.45, 2.75) is 31.8 Å². The molecule has 0 aromatic carbocycles. The predicted octanol–water partition coefficient (Wildman–Crippen LogP) is 1.10. The monoisotopic (exact) mass is 253 g/mol. The summed E-state index contributed by atoms with van der Waals surface area (Å²) in [5.41, 5.74) is -0.890. The maximum atomic E-state index is 12.1.